The zero-order valence-corrected chi connectivity index (χ0v) is 15.7. The average molecular weight is 361 g/mol. The Morgan fingerprint density at radius 2 is 1.48 bits per heavy atom. The third-order valence-corrected chi connectivity index (χ3v) is 11.0. The SMILES string of the molecule is CC[Si](CC)(CC)c1nc2ccccc2c2ccc(C(F)(F)F)cc12. The number of halogens is 3. The molecular weight excluding hydrogens is 339 g/mol. The van der Waals surface area contributed by atoms with Gasteiger partial charge in [-0.1, -0.05) is 63.2 Å². The number of benzene rings is 2. The van der Waals surface area contributed by atoms with Crippen LogP contribution in [0.15, 0.2) is 42.5 Å². The third kappa shape index (κ3) is 2.95. The second kappa shape index (κ2) is 6.45. The van der Waals surface area contributed by atoms with E-state index >= 15 is 0 Å². The van der Waals surface area contributed by atoms with E-state index in [-0.39, 0.29) is 0 Å². The van der Waals surface area contributed by atoms with Crippen molar-refractivity contribution >= 4 is 35.1 Å². The average Bonchev–Trinajstić information content (AvgIpc) is 2.62. The quantitative estimate of drug-likeness (QED) is 0.403. The molecule has 0 fully saturated rings. The van der Waals surface area contributed by atoms with E-state index in [0.29, 0.717) is 5.39 Å². The summed E-state index contributed by atoms with van der Waals surface area (Å²) < 4.78 is 39.9. The highest BCUT2D eigenvalue weighted by Gasteiger charge is 2.35. The molecule has 1 heterocycles. The molecule has 132 valence electrons. The van der Waals surface area contributed by atoms with Crippen LogP contribution < -0.4 is 5.32 Å². The summed E-state index contributed by atoms with van der Waals surface area (Å²) in [6.07, 6.45) is -4.34. The van der Waals surface area contributed by atoms with E-state index in [0.717, 1.165) is 39.7 Å². The molecule has 1 nitrogen and oxygen atoms in total. The van der Waals surface area contributed by atoms with Crippen LogP contribution in [0.25, 0.3) is 21.7 Å². The first-order valence-electron chi connectivity index (χ1n) is 8.76. The van der Waals surface area contributed by atoms with Gasteiger partial charge in [0.05, 0.1) is 11.1 Å². The molecule has 0 aliphatic rings. The van der Waals surface area contributed by atoms with Gasteiger partial charge >= 0.3 is 6.18 Å². The van der Waals surface area contributed by atoms with Crippen molar-refractivity contribution in [2.24, 2.45) is 0 Å². The zero-order valence-electron chi connectivity index (χ0n) is 14.7. The van der Waals surface area contributed by atoms with Crippen molar-refractivity contribution < 1.29 is 13.2 Å². The molecule has 0 saturated carbocycles. The number of rotatable bonds is 4. The van der Waals surface area contributed by atoms with Crippen LogP contribution in [0.4, 0.5) is 13.2 Å². The van der Waals surface area contributed by atoms with E-state index in [4.69, 9.17) is 4.98 Å². The van der Waals surface area contributed by atoms with Crippen LogP contribution in [0.1, 0.15) is 26.3 Å². The first-order chi connectivity index (χ1) is 11.9. The van der Waals surface area contributed by atoms with Gasteiger partial charge in [0.25, 0.3) is 0 Å². The lowest BCUT2D eigenvalue weighted by Gasteiger charge is -2.29. The molecule has 0 spiro atoms. The van der Waals surface area contributed by atoms with E-state index in [1.165, 1.54) is 12.1 Å². The van der Waals surface area contributed by atoms with E-state index < -0.39 is 19.8 Å². The monoisotopic (exact) mass is 361 g/mol. The fourth-order valence-corrected chi connectivity index (χ4v) is 7.43. The molecule has 0 atom stereocenters. The Morgan fingerprint density at radius 1 is 0.840 bits per heavy atom. The van der Waals surface area contributed by atoms with Gasteiger partial charge in [-0.2, -0.15) is 13.2 Å². The first kappa shape index (κ1) is 17.9. The van der Waals surface area contributed by atoms with Crippen molar-refractivity contribution in [2.45, 2.75) is 45.1 Å². The Morgan fingerprint density at radius 3 is 2.08 bits per heavy atom. The van der Waals surface area contributed by atoms with Gasteiger partial charge in [0.1, 0.15) is 8.07 Å². The van der Waals surface area contributed by atoms with Gasteiger partial charge in [-0.3, -0.25) is 4.98 Å². The second-order valence-electron chi connectivity index (χ2n) is 6.58. The predicted molar refractivity (Wildman–Crippen MR) is 101 cm³/mol. The normalized spacial score (nSPS) is 12.9. The Kier molecular flexibility index (Phi) is 4.62. The molecule has 0 aliphatic carbocycles. The number of alkyl halides is 3. The molecule has 5 heteroatoms. The summed E-state index contributed by atoms with van der Waals surface area (Å²) in [4.78, 5) is 4.91. The van der Waals surface area contributed by atoms with Gasteiger partial charge in [-0.15, -0.1) is 0 Å². The highest BCUT2D eigenvalue weighted by atomic mass is 28.3. The lowest BCUT2D eigenvalue weighted by atomic mass is 10.0. The molecule has 0 aliphatic heterocycles. The zero-order chi connectivity index (χ0) is 18.2. The van der Waals surface area contributed by atoms with Crippen molar-refractivity contribution in [2.75, 3.05) is 0 Å². The topological polar surface area (TPSA) is 12.9 Å². The number of aromatic nitrogens is 1. The van der Waals surface area contributed by atoms with Crippen molar-refractivity contribution in [1.29, 1.82) is 0 Å². The summed E-state index contributed by atoms with van der Waals surface area (Å²) in [5, 5.41) is 3.41. The molecular formula is C20H22F3NSi. The number of pyridine rings is 1. The van der Waals surface area contributed by atoms with Crippen LogP contribution in [0.2, 0.25) is 18.1 Å². The van der Waals surface area contributed by atoms with Gasteiger partial charge in [-0.05, 0) is 29.0 Å². The van der Waals surface area contributed by atoms with Crippen molar-refractivity contribution in [1.82, 2.24) is 4.98 Å². The van der Waals surface area contributed by atoms with Gasteiger partial charge in [0.15, 0.2) is 0 Å². The third-order valence-electron chi connectivity index (χ3n) is 5.56. The smallest absolute Gasteiger partial charge is 0.257 e. The number of hydrogen-bond acceptors (Lipinski definition) is 1. The van der Waals surface area contributed by atoms with Crippen LogP contribution in [-0.4, -0.2) is 13.1 Å². The fraction of sp³-hybridized carbons (Fsp3) is 0.350. The lowest BCUT2D eigenvalue weighted by molar-refractivity contribution is -0.137. The molecule has 0 bridgehead atoms. The molecule has 0 saturated heterocycles. The van der Waals surface area contributed by atoms with Gasteiger partial charge in [0.2, 0.25) is 0 Å². The summed E-state index contributed by atoms with van der Waals surface area (Å²) in [5.41, 5.74) is 0.279. The fourth-order valence-electron chi connectivity index (χ4n) is 3.79. The Hall–Kier alpha value is -1.88. The van der Waals surface area contributed by atoms with E-state index in [1.807, 2.05) is 24.3 Å². The minimum Gasteiger partial charge on any atom is -0.257 e. The highest BCUT2D eigenvalue weighted by molar-refractivity contribution is 6.92. The molecule has 0 N–H and O–H groups in total. The van der Waals surface area contributed by atoms with Crippen molar-refractivity contribution in [3.05, 3.63) is 48.0 Å². The summed E-state index contributed by atoms with van der Waals surface area (Å²) in [7, 11) is -1.94. The van der Waals surface area contributed by atoms with Crippen LogP contribution in [0.5, 0.6) is 0 Å². The van der Waals surface area contributed by atoms with E-state index in [1.54, 1.807) is 6.07 Å². The number of para-hydroxylation sites is 1. The minimum atomic E-state index is -4.34. The Labute approximate surface area is 146 Å². The molecule has 3 aromatic rings. The highest BCUT2D eigenvalue weighted by Crippen LogP contribution is 2.34. The van der Waals surface area contributed by atoms with Crippen LogP contribution in [-0.2, 0) is 6.18 Å². The van der Waals surface area contributed by atoms with E-state index in [9.17, 15) is 13.2 Å². The van der Waals surface area contributed by atoms with Crippen LogP contribution >= 0.6 is 0 Å². The maximum absolute atomic E-state index is 13.3. The molecule has 0 unspecified atom stereocenters. The molecule has 1 aromatic heterocycles. The standard InChI is InChI=1S/C20H22F3NSi/c1-4-25(5-2,6-3)19-17-13-14(20(21,22)23)11-12-15(17)16-9-7-8-10-18(16)24-19/h7-13H,4-6H2,1-3H3. The van der Waals surface area contributed by atoms with Gasteiger partial charge in [0, 0.05) is 10.7 Å². The maximum Gasteiger partial charge on any atom is 0.416 e. The van der Waals surface area contributed by atoms with Crippen molar-refractivity contribution in [3.8, 4) is 0 Å². The van der Waals surface area contributed by atoms with Gasteiger partial charge in [-0.25, -0.2) is 0 Å². The molecule has 0 radical (unpaired) electrons. The summed E-state index contributed by atoms with van der Waals surface area (Å²) in [5.74, 6) is 0. The Balaban J connectivity index is 2.47. The largest absolute Gasteiger partial charge is 0.416 e. The summed E-state index contributed by atoms with van der Waals surface area (Å²) >= 11 is 0. The van der Waals surface area contributed by atoms with Crippen LogP contribution in [0.3, 0.4) is 0 Å². The number of hydrogen-bond donors (Lipinski definition) is 0. The van der Waals surface area contributed by atoms with Gasteiger partial charge < -0.3 is 0 Å². The first-order valence-corrected chi connectivity index (χ1v) is 11.4. The predicted octanol–water partition coefficient (Wildman–Crippen LogP) is 6.12. The maximum atomic E-state index is 13.3. The number of nitrogens with zero attached hydrogens (tertiary/aromatic N) is 1. The molecule has 25 heavy (non-hydrogen) atoms. The molecule has 0 amide bonds. The summed E-state index contributed by atoms with van der Waals surface area (Å²) in [6.45, 7) is 6.45. The second-order valence-corrected chi connectivity index (χ2v) is 11.7. The molecule has 2 aromatic carbocycles. The lowest BCUT2D eigenvalue weighted by Crippen LogP contribution is -2.48. The molecule has 3 rings (SSSR count). The minimum absolute atomic E-state index is 0.593. The summed E-state index contributed by atoms with van der Waals surface area (Å²) in [6, 6.07) is 14.8. The van der Waals surface area contributed by atoms with E-state index in [2.05, 4.69) is 20.8 Å². The van der Waals surface area contributed by atoms with Crippen molar-refractivity contribution in [3.63, 3.8) is 0 Å². The van der Waals surface area contributed by atoms with Crippen LogP contribution in [0, 0.1) is 0 Å². The number of fused-ring (bicyclic) bond motifs is 3. The Bertz CT molecular complexity index is 906.